The van der Waals surface area contributed by atoms with Crippen LogP contribution in [0, 0.1) is 11.8 Å². The number of amides is 7. The van der Waals surface area contributed by atoms with Crippen LogP contribution in [0.5, 0.6) is 0 Å². The Morgan fingerprint density at radius 1 is 0.933 bits per heavy atom. The maximum absolute atomic E-state index is 13.9. The Kier molecular flexibility index (Phi) is 22.3. The van der Waals surface area contributed by atoms with Crippen LogP contribution in [-0.2, 0) is 57.2 Å². The minimum atomic E-state index is -0.599. The van der Waals surface area contributed by atoms with Crippen molar-refractivity contribution in [1.82, 2.24) is 24.7 Å². The first-order valence-corrected chi connectivity index (χ1v) is 21.1. The van der Waals surface area contributed by atoms with Crippen LogP contribution in [0.4, 0.5) is 5.69 Å². The number of rotatable bonds is 29. The molecule has 7 amide bonds. The highest BCUT2D eigenvalue weighted by Gasteiger charge is 2.42. The number of anilines is 1. The van der Waals surface area contributed by atoms with Gasteiger partial charge in [-0.25, -0.2) is 0 Å². The lowest BCUT2D eigenvalue weighted by Crippen LogP contribution is -2.54. The highest BCUT2D eigenvalue weighted by atomic mass is 32.2. The fourth-order valence-electron chi connectivity index (χ4n) is 7.13. The van der Waals surface area contributed by atoms with Crippen molar-refractivity contribution >= 4 is 59.5 Å². The molecule has 2 aliphatic rings. The molecular formula is C41H62N6O12S. The van der Waals surface area contributed by atoms with Crippen LogP contribution in [0.2, 0.25) is 0 Å². The van der Waals surface area contributed by atoms with Crippen LogP contribution in [-0.4, -0.2) is 161 Å². The minimum absolute atomic E-state index is 0.00805. The van der Waals surface area contributed by atoms with Gasteiger partial charge in [0.25, 0.3) is 11.8 Å². The summed E-state index contributed by atoms with van der Waals surface area (Å²) in [5.41, 5.74) is 0.590. The second-order valence-electron chi connectivity index (χ2n) is 14.5. The van der Waals surface area contributed by atoms with E-state index >= 15 is 0 Å². The number of hydrogen-bond donors (Lipinski definition) is 3. The van der Waals surface area contributed by atoms with Gasteiger partial charge in [-0.1, -0.05) is 27.2 Å². The van der Waals surface area contributed by atoms with E-state index in [9.17, 15) is 33.6 Å². The predicted molar refractivity (Wildman–Crippen MR) is 222 cm³/mol. The fourth-order valence-corrected chi connectivity index (χ4v) is 7.80. The van der Waals surface area contributed by atoms with Gasteiger partial charge in [-0.3, -0.25) is 43.2 Å². The molecule has 1 saturated heterocycles. The molecule has 18 nitrogen and oxygen atoms in total. The summed E-state index contributed by atoms with van der Waals surface area (Å²) >= 11 is 1.14. The number of imide groups is 1. The van der Waals surface area contributed by atoms with Gasteiger partial charge < -0.3 is 44.1 Å². The van der Waals surface area contributed by atoms with Crippen LogP contribution in [0.1, 0.15) is 52.9 Å². The number of likely N-dealkylation sites (N-methyl/N-ethyl adjacent to an activating group) is 1. The summed E-state index contributed by atoms with van der Waals surface area (Å²) in [6.07, 6.45) is 4.09. The molecular weight excluding hydrogens is 801 g/mol. The van der Waals surface area contributed by atoms with Crippen LogP contribution < -0.4 is 15.4 Å². The molecule has 2 heterocycles. The number of methoxy groups -OCH3 is 2. The third kappa shape index (κ3) is 15.6. The topological polar surface area (TPSA) is 211 Å². The SMILES string of the molecule is CCC(C)C(C(CC(=O)N1CCCC1C(OC)C(C)C(=O)NSc1ccc(NC(=O)CCOCCOCCOCCN2C(=O)C=CC2=O)cc1)OC)N(C)C(=O)CNC=O. The van der Waals surface area contributed by atoms with E-state index in [4.69, 9.17) is 23.7 Å². The Labute approximate surface area is 356 Å². The second-order valence-corrected chi connectivity index (χ2v) is 15.4. The summed E-state index contributed by atoms with van der Waals surface area (Å²) < 4.78 is 30.9. The van der Waals surface area contributed by atoms with Crippen molar-refractivity contribution < 1.29 is 57.2 Å². The zero-order valence-corrected chi connectivity index (χ0v) is 36.4. The molecule has 0 aliphatic carbocycles. The van der Waals surface area contributed by atoms with Crippen LogP contribution >= 0.6 is 11.9 Å². The Bertz CT molecular complexity index is 1580. The molecule has 1 fully saturated rings. The first kappa shape index (κ1) is 50.0. The van der Waals surface area contributed by atoms with Crippen molar-refractivity contribution in [3.8, 4) is 0 Å². The van der Waals surface area contributed by atoms with E-state index in [1.807, 2.05) is 13.8 Å². The number of ether oxygens (including phenoxy) is 5. The van der Waals surface area contributed by atoms with Gasteiger partial charge in [0.05, 0.1) is 95.8 Å². The number of nitrogens with one attached hydrogen (secondary N) is 3. The van der Waals surface area contributed by atoms with E-state index in [-0.39, 0.29) is 86.5 Å². The highest BCUT2D eigenvalue weighted by Crippen LogP contribution is 2.30. The maximum atomic E-state index is 13.9. The lowest BCUT2D eigenvalue weighted by atomic mass is 9.90. The number of carbonyl (C=O) groups excluding carboxylic acids is 7. The van der Waals surface area contributed by atoms with Gasteiger partial charge in [0, 0.05) is 50.5 Å². The van der Waals surface area contributed by atoms with E-state index in [0.29, 0.717) is 51.5 Å². The van der Waals surface area contributed by atoms with Crippen molar-refractivity contribution in [3.63, 3.8) is 0 Å². The maximum Gasteiger partial charge on any atom is 0.253 e. The second kappa shape index (κ2) is 26.7. The lowest BCUT2D eigenvalue weighted by Gasteiger charge is -2.39. The molecule has 0 spiro atoms. The number of nitrogens with zero attached hydrogens (tertiary/aromatic N) is 3. The van der Waals surface area contributed by atoms with Gasteiger partial charge in [0.1, 0.15) is 0 Å². The number of carbonyl (C=O) groups is 7. The normalized spacial score (nSPS) is 17.5. The quantitative estimate of drug-likeness (QED) is 0.0455. The molecule has 3 N–H and O–H groups in total. The standard InChI is InChI=1S/C41H62N6O12S/c1-7-28(2)39(45(4)38(53)26-42-27-48)33(55-5)25-37(52)46-17-8-9-32(46)40(56-6)29(3)41(54)44-60-31-12-10-30(11-13-31)43-34(49)16-19-57-21-23-59-24-22-58-20-18-47-35(50)14-15-36(47)51/h10-15,27-29,32-33,39-40H,7-9,16-26H2,1-6H3,(H,42,48)(H,43,49)(H,44,54). The van der Waals surface area contributed by atoms with Crippen molar-refractivity contribution in [3.05, 3.63) is 36.4 Å². The van der Waals surface area contributed by atoms with Gasteiger partial charge in [-0.2, -0.15) is 0 Å². The zero-order chi connectivity index (χ0) is 44.0. The van der Waals surface area contributed by atoms with Crippen LogP contribution in [0.25, 0.3) is 0 Å². The number of likely N-dealkylation sites (tertiary alicyclic amines) is 1. The summed E-state index contributed by atoms with van der Waals surface area (Å²) in [6.45, 7) is 7.99. The largest absolute Gasteiger partial charge is 0.379 e. The van der Waals surface area contributed by atoms with E-state index < -0.39 is 24.2 Å². The number of hydrogen-bond acceptors (Lipinski definition) is 13. The monoisotopic (exact) mass is 862 g/mol. The highest BCUT2D eigenvalue weighted by molar-refractivity contribution is 7.98. The molecule has 0 aromatic heterocycles. The van der Waals surface area contributed by atoms with Gasteiger partial charge in [-0.05, 0) is 55.0 Å². The lowest BCUT2D eigenvalue weighted by molar-refractivity contribution is -0.145. The Morgan fingerprint density at radius 3 is 2.17 bits per heavy atom. The molecule has 60 heavy (non-hydrogen) atoms. The Balaban J connectivity index is 1.38. The van der Waals surface area contributed by atoms with E-state index in [2.05, 4.69) is 15.4 Å². The molecule has 6 atom stereocenters. The van der Waals surface area contributed by atoms with E-state index in [0.717, 1.165) is 34.6 Å². The first-order chi connectivity index (χ1) is 28.9. The third-order valence-corrected chi connectivity index (χ3v) is 11.4. The van der Waals surface area contributed by atoms with E-state index in [1.54, 1.807) is 48.0 Å². The molecule has 334 valence electrons. The summed E-state index contributed by atoms with van der Waals surface area (Å²) in [6, 6.07) is 6.28. The zero-order valence-electron chi connectivity index (χ0n) is 35.6. The molecule has 6 unspecified atom stereocenters. The minimum Gasteiger partial charge on any atom is -0.379 e. The molecule has 19 heteroatoms. The summed E-state index contributed by atoms with van der Waals surface area (Å²) in [4.78, 5) is 91.5. The summed E-state index contributed by atoms with van der Waals surface area (Å²) in [5, 5.41) is 5.23. The number of benzene rings is 1. The van der Waals surface area contributed by atoms with Crippen LogP contribution in [0.3, 0.4) is 0 Å². The molecule has 1 aromatic rings. The smallest absolute Gasteiger partial charge is 0.253 e. The van der Waals surface area contributed by atoms with Gasteiger partial charge in [0.2, 0.25) is 30.0 Å². The Morgan fingerprint density at radius 2 is 1.57 bits per heavy atom. The van der Waals surface area contributed by atoms with Crippen molar-refractivity contribution in [1.29, 1.82) is 0 Å². The Hall–Kier alpha value is -4.40. The van der Waals surface area contributed by atoms with Gasteiger partial charge in [-0.15, -0.1) is 0 Å². The molecule has 1 aromatic carbocycles. The average molecular weight is 863 g/mol. The van der Waals surface area contributed by atoms with Crippen molar-refractivity contribution in [2.75, 3.05) is 85.9 Å². The molecule has 2 aliphatic heterocycles. The molecule has 3 rings (SSSR count). The van der Waals surface area contributed by atoms with Crippen LogP contribution in [0.15, 0.2) is 41.3 Å². The van der Waals surface area contributed by atoms with Crippen molar-refractivity contribution in [2.24, 2.45) is 11.8 Å². The third-order valence-electron chi connectivity index (χ3n) is 10.6. The van der Waals surface area contributed by atoms with Gasteiger partial charge >= 0.3 is 0 Å². The molecule has 0 saturated carbocycles. The van der Waals surface area contributed by atoms with Gasteiger partial charge in [0.15, 0.2) is 0 Å². The molecule has 0 radical (unpaired) electrons. The summed E-state index contributed by atoms with van der Waals surface area (Å²) in [7, 11) is 4.72. The fraction of sp³-hybridized carbons (Fsp3) is 0.634. The first-order valence-electron chi connectivity index (χ1n) is 20.3. The van der Waals surface area contributed by atoms with E-state index in [1.165, 1.54) is 26.4 Å². The molecule has 0 bridgehead atoms. The average Bonchev–Trinajstić information content (AvgIpc) is 3.86. The van der Waals surface area contributed by atoms with Crippen molar-refractivity contribution in [2.45, 2.75) is 82.1 Å². The summed E-state index contributed by atoms with van der Waals surface area (Å²) in [5.74, 6) is -2.20. The predicted octanol–water partition coefficient (Wildman–Crippen LogP) is 1.78.